The van der Waals surface area contributed by atoms with Crippen LogP contribution in [-0.4, -0.2) is 17.8 Å². The van der Waals surface area contributed by atoms with Gasteiger partial charge in [-0.25, -0.2) is 4.99 Å². The van der Waals surface area contributed by atoms with E-state index in [-0.39, 0.29) is 33.0 Å². The molecular formula is C108H79N4Pt-3. The van der Waals surface area contributed by atoms with Crippen LogP contribution in [0.5, 0.6) is 0 Å². The first-order valence-corrected chi connectivity index (χ1v) is 39.9. The number of fused-ring (bicyclic) bond motifs is 15. The van der Waals surface area contributed by atoms with Gasteiger partial charge < -0.3 is 15.6 Å². The average Bonchev–Trinajstić information content (AvgIpc) is 1.68. The van der Waals surface area contributed by atoms with Crippen molar-refractivity contribution >= 4 is 115 Å². The second-order valence-electron chi connectivity index (χ2n) is 30.3. The van der Waals surface area contributed by atoms with Crippen molar-refractivity contribution in [3.63, 3.8) is 0 Å². The van der Waals surface area contributed by atoms with Gasteiger partial charge in [0.25, 0.3) is 0 Å². The quantitative estimate of drug-likeness (QED) is 0.120. The second kappa shape index (κ2) is 28.5. The fourth-order valence-electron chi connectivity index (χ4n) is 19.7. The number of rotatable bonds is 12. The van der Waals surface area contributed by atoms with Gasteiger partial charge in [-0.2, -0.15) is 0 Å². The molecule has 21 rings (SSSR count). The van der Waals surface area contributed by atoms with Gasteiger partial charge in [-0.05, 0) is 201 Å². The predicted octanol–water partition coefficient (Wildman–Crippen LogP) is 27.2. The van der Waals surface area contributed by atoms with Crippen molar-refractivity contribution in [2.45, 2.75) is 71.4 Å². The van der Waals surface area contributed by atoms with E-state index >= 15 is 0 Å². The van der Waals surface area contributed by atoms with E-state index in [2.05, 4.69) is 367 Å². The molecule has 16 aromatic carbocycles. The summed E-state index contributed by atoms with van der Waals surface area (Å²) in [5, 5.41) is 33.6. The number of hydrogen-bond donors (Lipinski definition) is 0. The average molecular weight is 1630 g/mol. The molecule has 4 aliphatic rings. The summed E-state index contributed by atoms with van der Waals surface area (Å²) in [6.07, 6.45) is 12.5. The van der Waals surface area contributed by atoms with Crippen LogP contribution in [0.25, 0.3) is 176 Å². The molecule has 17 aromatic rings. The molecule has 4 aliphatic heterocycles. The molecule has 4 nitrogen and oxygen atoms in total. The minimum absolute atomic E-state index is 0. The summed E-state index contributed by atoms with van der Waals surface area (Å²) in [6.45, 7) is 9.29. The minimum atomic E-state index is -0.427. The number of hydrogen-bond acceptors (Lipinski definition) is 1. The maximum Gasteiger partial charge on any atom is 0.0706 e. The molecule has 0 N–H and O–H groups in total. The molecule has 544 valence electrons. The maximum atomic E-state index is 6.19. The summed E-state index contributed by atoms with van der Waals surface area (Å²) >= 11 is 0. The summed E-state index contributed by atoms with van der Waals surface area (Å²) in [4.78, 5) is 12.2. The van der Waals surface area contributed by atoms with Crippen LogP contribution in [0, 0.1) is 0 Å². The Morgan fingerprint density at radius 2 is 0.690 bits per heavy atom. The molecule has 0 radical (unpaired) electrons. The van der Waals surface area contributed by atoms with E-state index in [1.165, 1.54) is 170 Å². The van der Waals surface area contributed by atoms with Gasteiger partial charge in [0.05, 0.1) is 11.4 Å². The summed E-state index contributed by atoms with van der Waals surface area (Å²) < 4.78 is 0. The topological polar surface area (TPSA) is 54.7 Å². The largest absolute Gasteiger partial charge is 0.678 e. The Hall–Kier alpha value is -12.7. The standard InChI is InChI=1S/C108H79N4.Pt/c1-5-69-97-62-102-107(95-58-28-52-87-84(49-25-55-91(87)95)79-45-21-35-67-31-11-15-39-75(67)79)71(7-3)99(111-102)64-104-108(96-60-59-92(81-41-17-18-42-88(81)96)80-46-22-36-68-32-12-16-40-76(68)80)72(8-4)100(112-104)63-103-106(94-57-27-51-86-83(48-24-54-90(86)94)78-44-20-34-66-30-10-14-38-74(66)78)70(6-2)98(110-103)61-101(109-97)105(69)93-56-26-50-85-82(47-23-53-89(85)93)77-43-19-33-65-29-9-13-37-73(65)77;/h9-64,102,104,108H,5-8H2,1-4H3;/q-3;/b97-62-,99-64-,101-61-,103-63-;. The van der Waals surface area contributed by atoms with Crippen molar-refractivity contribution in [3.8, 4) is 55.6 Å². The van der Waals surface area contributed by atoms with Gasteiger partial charge >= 0.3 is 0 Å². The first-order valence-electron chi connectivity index (χ1n) is 39.9. The van der Waals surface area contributed by atoms with Gasteiger partial charge in [0.2, 0.25) is 0 Å². The maximum absolute atomic E-state index is 6.19. The van der Waals surface area contributed by atoms with Gasteiger partial charge in [-0.15, -0.1) is 34.2 Å². The van der Waals surface area contributed by atoms with Crippen LogP contribution in [0.3, 0.4) is 0 Å². The molecule has 0 fully saturated rings. The van der Waals surface area contributed by atoms with E-state index in [4.69, 9.17) is 20.6 Å². The van der Waals surface area contributed by atoms with E-state index in [1.807, 2.05) is 0 Å². The van der Waals surface area contributed by atoms with Crippen LogP contribution in [-0.2, 0) is 27.5 Å². The van der Waals surface area contributed by atoms with E-state index in [0.29, 0.717) is 6.42 Å². The summed E-state index contributed by atoms with van der Waals surface area (Å²) in [7, 11) is 0. The van der Waals surface area contributed by atoms with Crippen molar-refractivity contribution < 1.29 is 21.1 Å². The van der Waals surface area contributed by atoms with Crippen molar-refractivity contribution in [3.05, 3.63) is 405 Å². The number of allylic oxidation sites excluding steroid dienone is 4. The molecule has 0 saturated carbocycles. The molecule has 0 amide bonds. The Bertz CT molecular complexity index is 7190. The number of aromatic nitrogens is 1. The van der Waals surface area contributed by atoms with E-state index in [0.717, 1.165) is 75.0 Å². The van der Waals surface area contributed by atoms with Crippen LogP contribution >= 0.6 is 0 Å². The fourth-order valence-corrected chi connectivity index (χ4v) is 19.7. The van der Waals surface area contributed by atoms with E-state index in [9.17, 15) is 0 Å². The first-order chi connectivity index (χ1) is 55.4. The SMILES string of the molecule is CCC1=C(c2cccc3c(-c4cccc5ccccc45)cccc23)/C2=C/C3=C(CC)C(c4ccc(-c5cccc6ccccc56)c5ccccc45)C(/C=C4\[N-]C(/C=c5\[n-]/c(c(-c6cccc7c(-c8cccc9ccccc89)cccc67)c5CC)=C\C1=N2)C(c1cccc2c(-c5cccc6ccccc56)cccc12)=C4CC)[N-]3.[Pt]. The van der Waals surface area contributed by atoms with Crippen LogP contribution in [0.2, 0.25) is 0 Å². The Morgan fingerprint density at radius 1 is 0.310 bits per heavy atom. The van der Waals surface area contributed by atoms with Crippen LogP contribution in [0.4, 0.5) is 0 Å². The number of nitrogens with zero attached hydrogens (tertiary/aromatic N) is 4. The van der Waals surface area contributed by atoms with Crippen molar-refractivity contribution in [2.75, 3.05) is 0 Å². The number of benzene rings is 16. The molecule has 8 bridgehead atoms. The zero-order valence-electron chi connectivity index (χ0n) is 63.5. The molecule has 0 saturated heterocycles. The van der Waals surface area contributed by atoms with Gasteiger partial charge in [-0.3, -0.25) is 0 Å². The molecule has 113 heavy (non-hydrogen) atoms. The predicted molar refractivity (Wildman–Crippen MR) is 476 cm³/mol. The van der Waals surface area contributed by atoms with Gasteiger partial charge in [0.1, 0.15) is 0 Å². The first kappa shape index (κ1) is 69.5. The third-order valence-corrected chi connectivity index (χ3v) is 24.6. The Labute approximate surface area is 673 Å². The van der Waals surface area contributed by atoms with Gasteiger partial charge in [0.15, 0.2) is 0 Å². The molecule has 5 heteroatoms. The molecule has 0 aliphatic carbocycles. The molecule has 5 heterocycles. The normalized spacial score (nSPS) is 17.6. The number of aliphatic imine (C=N–C) groups is 1. The van der Waals surface area contributed by atoms with E-state index in [1.54, 1.807) is 0 Å². The Balaban J connectivity index is 0.00000830. The third kappa shape index (κ3) is 11.4. The Kier molecular flexibility index (Phi) is 17.5. The summed E-state index contributed by atoms with van der Waals surface area (Å²) in [6, 6.07) is 116. The second-order valence-corrected chi connectivity index (χ2v) is 30.3. The van der Waals surface area contributed by atoms with Crippen LogP contribution < -0.4 is 15.7 Å². The van der Waals surface area contributed by atoms with Crippen LogP contribution in [0.1, 0.15) is 75.1 Å². The van der Waals surface area contributed by atoms with E-state index < -0.39 is 6.04 Å². The third-order valence-electron chi connectivity index (χ3n) is 24.6. The molecule has 3 atom stereocenters. The molecule has 3 unspecified atom stereocenters. The molecule has 1 aromatic heterocycles. The smallest absolute Gasteiger partial charge is 0.0706 e. The van der Waals surface area contributed by atoms with Crippen molar-refractivity contribution in [1.29, 1.82) is 0 Å². The molecule has 0 spiro atoms. The zero-order chi connectivity index (χ0) is 74.7. The monoisotopic (exact) mass is 1630 g/mol. The zero-order valence-corrected chi connectivity index (χ0v) is 65.8. The minimum Gasteiger partial charge on any atom is -0.678 e. The molecular weight excluding hydrogens is 1550 g/mol. The fraction of sp³-hybridized carbons (Fsp3) is 0.102. The van der Waals surface area contributed by atoms with Crippen molar-refractivity contribution in [1.82, 2.24) is 4.98 Å². The Morgan fingerprint density at radius 3 is 1.18 bits per heavy atom. The van der Waals surface area contributed by atoms with Crippen molar-refractivity contribution in [2.24, 2.45) is 4.99 Å². The van der Waals surface area contributed by atoms with Gasteiger partial charge in [-0.1, -0.05) is 384 Å². The summed E-state index contributed by atoms with van der Waals surface area (Å²) in [5.41, 5.74) is 26.4. The summed E-state index contributed by atoms with van der Waals surface area (Å²) in [5.74, 6) is -0.155. The van der Waals surface area contributed by atoms with Gasteiger partial charge in [0, 0.05) is 26.6 Å². The van der Waals surface area contributed by atoms with Crippen LogP contribution in [0.15, 0.2) is 366 Å².